The fourth-order valence-electron chi connectivity index (χ4n) is 3.12. The molecule has 2 aliphatic heterocycles. The van der Waals surface area contributed by atoms with Crippen molar-refractivity contribution >= 4 is 5.97 Å². The van der Waals surface area contributed by atoms with Gasteiger partial charge < -0.3 is 10.1 Å². The SMILES string of the molecule is O=C1OC2(CCNCC2)CC1Cc1ccc(F)cc1. The van der Waals surface area contributed by atoms with Gasteiger partial charge in [-0.25, -0.2) is 4.39 Å². The maximum Gasteiger partial charge on any atom is 0.309 e. The van der Waals surface area contributed by atoms with Crippen molar-refractivity contribution in [3.8, 4) is 0 Å². The van der Waals surface area contributed by atoms with Crippen molar-refractivity contribution in [1.29, 1.82) is 0 Å². The second-order valence-electron chi connectivity index (χ2n) is 5.59. The molecule has 0 amide bonds. The Morgan fingerprint density at radius 2 is 1.95 bits per heavy atom. The summed E-state index contributed by atoms with van der Waals surface area (Å²) in [5.41, 5.74) is 0.752. The topological polar surface area (TPSA) is 38.3 Å². The van der Waals surface area contributed by atoms with Crippen molar-refractivity contribution in [2.24, 2.45) is 5.92 Å². The summed E-state index contributed by atoms with van der Waals surface area (Å²) in [6.45, 7) is 1.83. The smallest absolute Gasteiger partial charge is 0.309 e. The Kier molecular flexibility index (Phi) is 3.27. The molecule has 102 valence electrons. The number of rotatable bonds is 2. The van der Waals surface area contributed by atoms with Crippen LogP contribution in [0.2, 0.25) is 0 Å². The zero-order valence-electron chi connectivity index (χ0n) is 10.8. The van der Waals surface area contributed by atoms with Crippen LogP contribution in [0.25, 0.3) is 0 Å². The van der Waals surface area contributed by atoms with Crippen LogP contribution in [0.15, 0.2) is 24.3 Å². The molecule has 2 saturated heterocycles. The van der Waals surface area contributed by atoms with Crippen LogP contribution in [0.5, 0.6) is 0 Å². The first-order chi connectivity index (χ1) is 9.17. The van der Waals surface area contributed by atoms with E-state index in [1.165, 1.54) is 12.1 Å². The van der Waals surface area contributed by atoms with Crippen molar-refractivity contribution in [3.63, 3.8) is 0 Å². The summed E-state index contributed by atoms with van der Waals surface area (Å²) in [6.07, 6.45) is 3.25. The van der Waals surface area contributed by atoms with Gasteiger partial charge in [0, 0.05) is 6.42 Å². The van der Waals surface area contributed by atoms with Crippen LogP contribution in [0, 0.1) is 11.7 Å². The molecule has 0 saturated carbocycles. The van der Waals surface area contributed by atoms with E-state index in [2.05, 4.69) is 5.32 Å². The fourth-order valence-corrected chi connectivity index (χ4v) is 3.12. The summed E-state index contributed by atoms with van der Waals surface area (Å²) >= 11 is 0. The lowest BCUT2D eigenvalue weighted by molar-refractivity contribution is -0.152. The third-order valence-electron chi connectivity index (χ3n) is 4.18. The number of piperidine rings is 1. The molecule has 4 heteroatoms. The third-order valence-corrected chi connectivity index (χ3v) is 4.18. The Morgan fingerprint density at radius 1 is 1.26 bits per heavy atom. The van der Waals surface area contributed by atoms with Gasteiger partial charge in [-0.15, -0.1) is 0 Å². The average Bonchev–Trinajstić information content (AvgIpc) is 2.69. The van der Waals surface area contributed by atoms with Gasteiger partial charge in [-0.3, -0.25) is 4.79 Å². The Morgan fingerprint density at radius 3 is 2.63 bits per heavy atom. The van der Waals surface area contributed by atoms with Gasteiger partial charge in [-0.2, -0.15) is 0 Å². The standard InChI is InChI=1S/C15H18FNO2/c16-13-3-1-11(2-4-13)9-12-10-15(19-14(12)18)5-7-17-8-6-15/h1-4,12,17H,5-10H2. The summed E-state index contributed by atoms with van der Waals surface area (Å²) < 4.78 is 18.5. The predicted octanol–water partition coefficient (Wildman–Crippen LogP) is 2.05. The minimum atomic E-state index is -0.243. The lowest BCUT2D eigenvalue weighted by atomic mass is 9.84. The van der Waals surface area contributed by atoms with Gasteiger partial charge in [0.05, 0.1) is 5.92 Å². The molecule has 2 heterocycles. The van der Waals surface area contributed by atoms with Gasteiger partial charge >= 0.3 is 5.97 Å². The Labute approximate surface area is 112 Å². The molecule has 3 rings (SSSR count). The summed E-state index contributed by atoms with van der Waals surface area (Å²) in [6, 6.07) is 6.37. The Hall–Kier alpha value is -1.42. The molecular weight excluding hydrogens is 245 g/mol. The van der Waals surface area contributed by atoms with Crippen LogP contribution in [0.4, 0.5) is 4.39 Å². The minimum absolute atomic E-state index is 0.0800. The van der Waals surface area contributed by atoms with Gasteiger partial charge in [-0.1, -0.05) is 12.1 Å². The fraction of sp³-hybridized carbons (Fsp3) is 0.533. The van der Waals surface area contributed by atoms with E-state index in [0.717, 1.165) is 37.9 Å². The lowest BCUT2D eigenvalue weighted by Crippen LogP contribution is -2.41. The van der Waals surface area contributed by atoms with Crippen LogP contribution in [-0.2, 0) is 16.0 Å². The molecule has 1 aromatic carbocycles. The van der Waals surface area contributed by atoms with Crippen LogP contribution in [-0.4, -0.2) is 24.7 Å². The van der Waals surface area contributed by atoms with Gasteiger partial charge in [0.15, 0.2) is 0 Å². The minimum Gasteiger partial charge on any atom is -0.459 e. The monoisotopic (exact) mass is 263 g/mol. The number of benzene rings is 1. The zero-order chi connectivity index (χ0) is 13.3. The van der Waals surface area contributed by atoms with Crippen molar-refractivity contribution in [2.75, 3.05) is 13.1 Å². The van der Waals surface area contributed by atoms with Crippen molar-refractivity contribution in [2.45, 2.75) is 31.3 Å². The van der Waals surface area contributed by atoms with E-state index in [4.69, 9.17) is 4.74 Å². The highest BCUT2D eigenvalue weighted by Crippen LogP contribution is 2.39. The number of carbonyl (C=O) groups excluding carboxylic acids is 1. The van der Waals surface area contributed by atoms with Crippen LogP contribution in [0.1, 0.15) is 24.8 Å². The van der Waals surface area contributed by atoms with Crippen LogP contribution >= 0.6 is 0 Å². The lowest BCUT2D eigenvalue weighted by Gasteiger charge is -2.32. The molecule has 1 unspecified atom stereocenters. The number of ether oxygens (including phenoxy) is 1. The second-order valence-corrected chi connectivity index (χ2v) is 5.59. The van der Waals surface area contributed by atoms with E-state index in [1.54, 1.807) is 12.1 Å². The molecule has 2 aliphatic rings. The summed E-state index contributed by atoms with van der Waals surface area (Å²) in [4.78, 5) is 12.0. The first kappa shape index (κ1) is 12.6. The zero-order valence-corrected chi connectivity index (χ0v) is 10.8. The second kappa shape index (κ2) is 4.93. The number of hydrogen-bond acceptors (Lipinski definition) is 3. The first-order valence-corrected chi connectivity index (χ1v) is 6.85. The highest BCUT2D eigenvalue weighted by molar-refractivity contribution is 5.75. The van der Waals surface area contributed by atoms with E-state index < -0.39 is 0 Å². The van der Waals surface area contributed by atoms with Crippen molar-refractivity contribution < 1.29 is 13.9 Å². The molecule has 0 aromatic heterocycles. The van der Waals surface area contributed by atoms with Gasteiger partial charge in [0.2, 0.25) is 0 Å². The molecule has 3 nitrogen and oxygen atoms in total. The van der Waals surface area contributed by atoms with E-state index in [0.29, 0.717) is 6.42 Å². The Balaban J connectivity index is 1.68. The number of nitrogens with one attached hydrogen (secondary N) is 1. The van der Waals surface area contributed by atoms with Gasteiger partial charge in [-0.05, 0) is 50.0 Å². The molecule has 1 spiro atoms. The first-order valence-electron chi connectivity index (χ1n) is 6.85. The Bertz CT molecular complexity index is 466. The van der Waals surface area contributed by atoms with Gasteiger partial charge in [0.25, 0.3) is 0 Å². The van der Waals surface area contributed by atoms with E-state index in [1.807, 2.05) is 0 Å². The number of carbonyl (C=O) groups is 1. The number of hydrogen-bond donors (Lipinski definition) is 1. The van der Waals surface area contributed by atoms with E-state index in [9.17, 15) is 9.18 Å². The summed E-state index contributed by atoms with van der Waals surface area (Å²) in [7, 11) is 0. The molecule has 2 fully saturated rings. The molecule has 0 radical (unpaired) electrons. The largest absolute Gasteiger partial charge is 0.459 e. The maximum atomic E-state index is 12.9. The number of esters is 1. The highest BCUT2D eigenvalue weighted by atomic mass is 19.1. The van der Waals surface area contributed by atoms with Crippen molar-refractivity contribution in [1.82, 2.24) is 5.32 Å². The van der Waals surface area contributed by atoms with Crippen LogP contribution < -0.4 is 5.32 Å². The normalized spacial score (nSPS) is 25.5. The molecule has 1 atom stereocenters. The predicted molar refractivity (Wildman–Crippen MR) is 69.1 cm³/mol. The highest BCUT2D eigenvalue weighted by Gasteiger charge is 2.46. The molecule has 0 aliphatic carbocycles. The average molecular weight is 263 g/mol. The maximum absolute atomic E-state index is 12.9. The molecule has 1 N–H and O–H groups in total. The summed E-state index contributed by atoms with van der Waals surface area (Å²) in [5.74, 6) is -0.414. The van der Waals surface area contributed by atoms with Crippen molar-refractivity contribution in [3.05, 3.63) is 35.6 Å². The molecule has 19 heavy (non-hydrogen) atoms. The third kappa shape index (κ3) is 2.63. The van der Waals surface area contributed by atoms with E-state index >= 15 is 0 Å². The van der Waals surface area contributed by atoms with Crippen LogP contribution in [0.3, 0.4) is 0 Å². The van der Waals surface area contributed by atoms with E-state index in [-0.39, 0.29) is 23.3 Å². The molecule has 1 aromatic rings. The molecule has 0 bridgehead atoms. The number of halogens is 1. The van der Waals surface area contributed by atoms with Gasteiger partial charge in [0.1, 0.15) is 11.4 Å². The molecular formula is C15H18FNO2. The summed E-state index contributed by atoms with van der Waals surface area (Å²) in [5, 5.41) is 3.29. The quantitative estimate of drug-likeness (QED) is 0.830.